The number of aliphatic imine (C=N–C) groups is 1. The van der Waals surface area contributed by atoms with E-state index in [1.165, 1.54) is 0 Å². The van der Waals surface area contributed by atoms with E-state index in [-0.39, 0.29) is 5.60 Å². The molecule has 1 fully saturated rings. The highest BCUT2D eigenvalue weighted by molar-refractivity contribution is 5.56. The molecule has 1 heterocycles. The van der Waals surface area contributed by atoms with Crippen LogP contribution in [0.5, 0.6) is 0 Å². The molecule has 1 aliphatic rings. The number of isocyanates is 1. The summed E-state index contributed by atoms with van der Waals surface area (Å²) >= 11 is 0. The number of hydrogen-bond donors (Lipinski definition) is 0. The molecule has 3 heteroatoms. The first kappa shape index (κ1) is 8.17. The van der Waals surface area contributed by atoms with Gasteiger partial charge in [0, 0.05) is 5.56 Å². The number of hydrogen-bond acceptors (Lipinski definition) is 3. The van der Waals surface area contributed by atoms with Crippen molar-refractivity contribution in [3.8, 4) is 0 Å². The molecular weight excluding hydrogens is 166 g/mol. The van der Waals surface area contributed by atoms with Crippen molar-refractivity contribution in [1.29, 1.82) is 0 Å². The van der Waals surface area contributed by atoms with Crippen molar-refractivity contribution in [2.45, 2.75) is 12.5 Å². The van der Waals surface area contributed by atoms with Crippen LogP contribution in [-0.4, -0.2) is 12.7 Å². The summed E-state index contributed by atoms with van der Waals surface area (Å²) in [4.78, 5) is 13.8. The summed E-state index contributed by atoms with van der Waals surface area (Å²) < 4.78 is 5.28. The van der Waals surface area contributed by atoms with E-state index in [0.717, 1.165) is 5.56 Å². The number of rotatable bonds is 2. The fourth-order valence-electron chi connectivity index (χ4n) is 1.33. The van der Waals surface area contributed by atoms with Gasteiger partial charge in [-0.2, -0.15) is 4.99 Å². The molecular formula is C10H9NO2. The summed E-state index contributed by atoms with van der Waals surface area (Å²) in [5, 5.41) is 0. The Kier molecular flexibility index (Phi) is 1.76. The zero-order chi connectivity index (χ0) is 9.31. The molecule has 0 amide bonds. The molecule has 1 atom stereocenters. The topological polar surface area (TPSA) is 42.0 Å². The minimum absolute atomic E-state index is 0.239. The second-order valence-electron chi connectivity index (χ2n) is 3.24. The molecule has 3 nitrogen and oxygen atoms in total. The molecule has 13 heavy (non-hydrogen) atoms. The summed E-state index contributed by atoms with van der Waals surface area (Å²) in [7, 11) is 0. The van der Waals surface area contributed by atoms with Crippen LogP contribution in [0.15, 0.2) is 29.3 Å². The van der Waals surface area contributed by atoms with Crippen LogP contribution in [-0.2, 0) is 15.1 Å². The molecule has 1 saturated heterocycles. The quantitative estimate of drug-likeness (QED) is 0.391. The third-order valence-electron chi connectivity index (χ3n) is 2.22. The van der Waals surface area contributed by atoms with Crippen molar-refractivity contribution < 1.29 is 9.53 Å². The maximum absolute atomic E-state index is 10.1. The van der Waals surface area contributed by atoms with Gasteiger partial charge in [-0.25, -0.2) is 4.79 Å². The number of nitrogens with zero attached hydrogens (tertiary/aromatic N) is 1. The Morgan fingerprint density at radius 3 is 2.85 bits per heavy atom. The normalized spacial score (nSPS) is 25.0. The first-order valence-electron chi connectivity index (χ1n) is 4.08. The maximum Gasteiger partial charge on any atom is 0.240 e. The Bertz CT molecular complexity index is 376. The van der Waals surface area contributed by atoms with Crippen LogP contribution in [0.4, 0.5) is 5.69 Å². The van der Waals surface area contributed by atoms with E-state index < -0.39 is 0 Å². The molecule has 1 aliphatic heterocycles. The molecule has 2 rings (SSSR count). The van der Waals surface area contributed by atoms with E-state index in [4.69, 9.17) is 4.74 Å². The molecule has 0 spiro atoms. The Balaban J connectivity index is 2.49. The fourth-order valence-corrected chi connectivity index (χ4v) is 1.33. The highest BCUT2D eigenvalue weighted by Crippen LogP contribution is 2.42. The Morgan fingerprint density at radius 1 is 1.54 bits per heavy atom. The van der Waals surface area contributed by atoms with Gasteiger partial charge >= 0.3 is 0 Å². The van der Waals surface area contributed by atoms with Gasteiger partial charge < -0.3 is 4.74 Å². The van der Waals surface area contributed by atoms with Crippen LogP contribution in [0.25, 0.3) is 0 Å². The molecule has 0 bridgehead atoms. The summed E-state index contributed by atoms with van der Waals surface area (Å²) in [6.07, 6.45) is 1.54. The van der Waals surface area contributed by atoms with Crippen molar-refractivity contribution in [3.05, 3.63) is 29.8 Å². The van der Waals surface area contributed by atoms with E-state index in [2.05, 4.69) is 4.99 Å². The number of para-hydroxylation sites is 1. The molecule has 0 radical (unpaired) electrons. The van der Waals surface area contributed by atoms with Gasteiger partial charge in [0.1, 0.15) is 5.60 Å². The second kappa shape index (κ2) is 2.80. The Labute approximate surface area is 76.1 Å². The Morgan fingerprint density at radius 2 is 2.23 bits per heavy atom. The number of epoxide rings is 1. The minimum atomic E-state index is -0.239. The standard InChI is InChI=1S/C10H9NO2/c1-10(6-13-10)8-4-2-3-5-9(8)11-7-12/h2-5H,6H2,1H3. The average molecular weight is 175 g/mol. The lowest BCUT2D eigenvalue weighted by atomic mass is 10.0. The van der Waals surface area contributed by atoms with E-state index in [1.807, 2.05) is 25.1 Å². The van der Waals surface area contributed by atoms with Crippen molar-refractivity contribution in [1.82, 2.24) is 0 Å². The number of carbonyl (C=O) groups excluding carboxylic acids is 1. The lowest BCUT2D eigenvalue weighted by molar-refractivity contribution is 0.330. The predicted octanol–water partition coefficient (Wildman–Crippen LogP) is 1.90. The first-order chi connectivity index (χ1) is 6.26. The number of benzene rings is 1. The average Bonchev–Trinajstić information content (AvgIpc) is 2.86. The van der Waals surface area contributed by atoms with Gasteiger partial charge in [0.15, 0.2) is 0 Å². The molecule has 0 saturated carbocycles. The van der Waals surface area contributed by atoms with Gasteiger partial charge in [-0.05, 0) is 13.0 Å². The summed E-state index contributed by atoms with van der Waals surface area (Å²) in [5.41, 5.74) is 1.37. The molecule has 66 valence electrons. The number of ether oxygens (including phenoxy) is 1. The summed E-state index contributed by atoms with van der Waals surface area (Å²) in [6.45, 7) is 2.67. The smallest absolute Gasteiger partial charge is 0.240 e. The van der Waals surface area contributed by atoms with E-state index in [9.17, 15) is 4.79 Å². The third-order valence-corrected chi connectivity index (χ3v) is 2.22. The summed E-state index contributed by atoms with van der Waals surface area (Å²) in [5.74, 6) is 0. The van der Waals surface area contributed by atoms with Gasteiger partial charge in [0.2, 0.25) is 6.08 Å². The molecule has 1 unspecified atom stereocenters. The minimum Gasteiger partial charge on any atom is -0.365 e. The second-order valence-corrected chi connectivity index (χ2v) is 3.24. The summed E-state index contributed by atoms with van der Waals surface area (Å²) in [6, 6.07) is 7.45. The van der Waals surface area contributed by atoms with Gasteiger partial charge in [-0.15, -0.1) is 0 Å². The van der Waals surface area contributed by atoms with Crippen LogP contribution in [0.1, 0.15) is 12.5 Å². The van der Waals surface area contributed by atoms with Gasteiger partial charge in [-0.1, -0.05) is 18.2 Å². The van der Waals surface area contributed by atoms with E-state index in [0.29, 0.717) is 12.3 Å². The zero-order valence-corrected chi connectivity index (χ0v) is 7.28. The lowest BCUT2D eigenvalue weighted by Crippen LogP contribution is -2.01. The molecule has 0 aromatic heterocycles. The first-order valence-corrected chi connectivity index (χ1v) is 4.08. The molecule has 1 aromatic rings. The van der Waals surface area contributed by atoms with Gasteiger partial charge in [-0.3, -0.25) is 0 Å². The zero-order valence-electron chi connectivity index (χ0n) is 7.28. The van der Waals surface area contributed by atoms with Gasteiger partial charge in [0.05, 0.1) is 12.3 Å². The maximum atomic E-state index is 10.1. The molecule has 0 aliphatic carbocycles. The highest BCUT2D eigenvalue weighted by Gasteiger charge is 2.42. The van der Waals surface area contributed by atoms with Crippen LogP contribution in [0, 0.1) is 0 Å². The van der Waals surface area contributed by atoms with Crippen LogP contribution in [0.2, 0.25) is 0 Å². The van der Waals surface area contributed by atoms with E-state index in [1.54, 1.807) is 12.1 Å². The van der Waals surface area contributed by atoms with Crippen LogP contribution >= 0.6 is 0 Å². The Hall–Kier alpha value is -1.44. The van der Waals surface area contributed by atoms with Crippen molar-refractivity contribution in [3.63, 3.8) is 0 Å². The lowest BCUT2D eigenvalue weighted by Gasteiger charge is -2.06. The van der Waals surface area contributed by atoms with Crippen molar-refractivity contribution in [2.24, 2.45) is 4.99 Å². The van der Waals surface area contributed by atoms with Crippen molar-refractivity contribution in [2.75, 3.05) is 6.61 Å². The van der Waals surface area contributed by atoms with Gasteiger partial charge in [0.25, 0.3) is 0 Å². The van der Waals surface area contributed by atoms with Crippen LogP contribution in [0.3, 0.4) is 0 Å². The van der Waals surface area contributed by atoms with E-state index >= 15 is 0 Å². The SMILES string of the molecule is CC1(c2ccccc2N=C=O)CO1. The molecule has 1 aromatic carbocycles. The van der Waals surface area contributed by atoms with Crippen molar-refractivity contribution >= 4 is 11.8 Å². The highest BCUT2D eigenvalue weighted by atomic mass is 16.6. The molecule has 0 N–H and O–H groups in total. The third kappa shape index (κ3) is 1.39. The monoisotopic (exact) mass is 175 g/mol. The predicted molar refractivity (Wildman–Crippen MR) is 47.5 cm³/mol. The largest absolute Gasteiger partial charge is 0.365 e. The fraction of sp³-hybridized carbons (Fsp3) is 0.300. The van der Waals surface area contributed by atoms with Crippen LogP contribution < -0.4 is 0 Å².